The number of amides is 1. The van der Waals surface area contributed by atoms with Crippen LogP contribution < -0.4 is 5.32 Å². The van der Waals surface area contributed by atoms with Gasteiger partial charge in [-0.05, 0) is 44.9 Å². The number of aromatic nitrogens is 4. The minimum Gasteiger partial charge on any atom is -0.336 e. The van der Waals surface area contributed by atoms with Crippen LogP contribution in [0.1, 0.15) is 46.2 Å². The van der Waals surface area contributed by atoms with Crippen molar-refractivity contribution in [1.29, 1.82) is 0 Å². The van der Waals surface area contributed by atoms with Gasteiger partial charge in [0.25, 0.3) is 11.6 Å². The molecule has 1 N–H and O–H groups in total. The summed E-state index contributed by atoms with van der Waals surface area (Å²) in [6, 6.07) is 13.4. The van der Waals surface area contributed by atoms with Crippen LogP contribution in [0.4, 0.5) is 5.82 Å². The summed E-state index contributed by atoms with van der Waals surface area (Å²) in [5, 5.41) is 12.2. The first-order valence-corrected chi connectivity index (χ1v) is 9.30. The van der Waals surface area contributed by atoms with Gasteiger partial charge in [-0.1, -0.05) is 23.4 Å². The van der Waals surface area contributed by atoms with Gasteiger partial charge >= 0.3 is 0 Å². The average molecular weight is 373 g/mol. The van der Waals surface area contributed by atoms with Gasteiger partial charge in [-0.2, -0.15) is 5.10 Å². The van der Waals surface area contributed by atoms with Crippen LogP contribution in [0.2, 0.25) is 0 Å². The van der Waals surface area contributed by atoms with Crippen LogP contribution in [0.25, 0.3) is 16.8 Å². The Balaban J connectivity index is 1.56. The Bertz CT molecular complexity index is 1190. The number of benzene rings is 1. The maximum atomic E-state index is 13.2. The smallest absolute Gasteiger partial charge is 0.259 e. The van der Waals surface area contributed by atoms with E-state index in [1.165, 1.54) is 0 Å². The molecule has 7 nitrogen and oxygen atoms in total. The summed E-state index contributed by atoms with van der Waals surface area (Å²) in [5.74, 6) is 0.789. The average Bonchev–Trinajstić information content (AvgIpc) is 3.40. The van der Waals surface area contributed by atoms with Crippen molar-refractivity contribution in [2.24, 2.45) is 0 Å². The van der Waals surface area contributed by atoms with Crippen LogP contribution in [-0.2, 0) is 0 Å². The van der Waals surface area contributed by atoms with Gasteiger partial charge in [-0.15, -0.1) is 0 Å². The van der Waals surface area contributed by atoms with E-state index in [0.717, 1.165) is 29.9 Å². The predicted octanol–water partition coefficient (Wildman–Crippen LogP) is 4.16. The summed E-state index contributed by atoms with van der Waals surface area (Å²) in [6.07, 6.45) is 2.18. The van der Waals surface area contributed by atoms with Gasteiger partial charge in [0.2, 0.25) is 0 Å². The Kier molecular flexibility index (Phi) is 3.75. The first kappa shape index (κ1) is 16.7. The normalized spacial score (nSPS) is 13.8. The van der Waals surface area contributed by atoms with E-state index in [0.29, 0.717) is 34.1 Å². The fourth-order valence-corrected chi connectivity index (χ4v) is 3.42. The monoisotopic (exact) mass is 373 g/mol. The Morgan fingerprint density at radius 3 is 2.71 bits per heavy atom. The van der Waals surface area contributed by atoms with E-state index in [4.69, 9.17) is 4.52 Å². The second-order valence-corrected chi connectivity index (χ2v) is 7.19. The summed E-state index contributed by atoms with van der Waals surface area (Å²) in [6.45, 7) is 3.72. The van der Waals surface area contributed by atoms with Gasteiger partial charge in [-0.25, -0.2) is 9.67 Å². The highest BCUT2D eigenvalue weighted by atomic mass is 16.5. The molecular formula is C21H19N5O2. The fraction of sp³-hybridized carbons (Fsp3) is 0.238. The van der Waals surface area contributed by atoms with Gasteiger partial charge in [0.15, 0.2) is 0 Å². The van der Waals surface area contributed by atoms with E-state index < -0.39 is 0 Å². The van der Waals surface area contributed by atoms with Crippen LogP contribution in [0, 0.1) is 13.8 Å². The summed E-state index contributed by atoms with van der Waals surface area (Å²) in [7, 11) is 0. The molecule has 0 atom stereocenters. The van der Waals surface area contributed by atoms with Crippen molar-refractivity contribution in [3.8, 4) is 5.69 Å². The molecule has 28 heavy (non-hydrogen) atoms. The first-order valence-electron chi connectivity index (χ1n) is 9.30. The molecule has 7 heteroatoms. The molecule has 0 aliphatic heterocycles. The number of carbonyl (C=O) groups excluding carboxylic acids is 1. The van der Waals surface area contributed by atoms with Crippen molar-refractivity contribution in [2.45, 2.75) is 32.6 Å². The van der Waals surface area contributed by atoms with Gasteiger partial charge < -0.3 is 9.84 Å². The van der Waals surface area contributed by atoms with Crippen molar-refractivity contribution in [2.75, 3.05) is 5.32 Å². The quantitative estimate of drug-likeness (QED) is 0.581. The van der Waals surface area contributed by atoms with Crippen molar-refractivity contribution >= 4 is 22.8 Å². The van der Waals surface area contributed by atoms with Crippen LogP contribution >= 0.6 is 0 Å². The maximum Gasteiger partial charge on any atom is 0.259 e. The van der Waals surface area contributed by atoms with Gasteiger partial charge in [0.1, 0.15) is 5.82 Å². The van der Waals surface area contributed by atoms with Crippen molar-refractivity contribution in [3.63, 3.8) is 0 Å². The summed E-state index contributed by atoms with van der Waals surface area (Å²) in [4.78, 5) is 17.8. The zero-order valence-electron chi connectivity index (χ0n) is 15.6. The van der Waals surface area contributed by atoms with Crippen molar-refractivity contribution in [1.82, 2.24) is 19.9 Å². The molecule has 1 saturated carbocycles. The number of rotatable bonds is 4. The highest BCUT2D eigenvalue weighted by Crippen LogP contribution is 2.40. The third-order valence-electron chi connectivity index (χ3n) is 4.95. The Labute approximate surface area is 161 Å². The molecule has 140 valence electrons. The number of nitrogens with zero attached hydrogens (tertiary/aromatic N) is 4. The molecule has 1 aliphatic rings. The molecule has 0 spiro atoms. The van der Waals surface area contributed by atoms with Crippen LogP contribution in [0.5, 0.6) is 0 Å². The lowest BCUT2D eigenvalue weighted by atomic mass is 10.1. The third-order valence-corrected chi connectivity index (χ3v) is 4.95. The fourth-order valence-electron chi connectivity index (χ4n) is 3.42. The largest absolute Gasteiger partial charge is 0.336 e. The van der Waals surface area contributed by atoms with Crippen molar-refractivity contribution in [3.05, 3.63) is 65.1 Å². The van der Waals surface area contributed by atoms with E-state index in [1.54, 1.807) is 4.68 Å². The number of para-hydroxylation sites is 1. The number of anilines is 1. The third kappa shape index (κ3) is 2.85. The van der Waals surface area contributed by atoms with E-state index in [2.05, 4.69) is 20.6 Å². The standard InChI is InChI=1S/C21H19N5O2/c1-12-10-18(26(24-12)15-6-4-3-5-7-15)23-20(27)16-11-17(14-8-9-14)22-21-19(16)13(2)25-28-21/h3-7,10-11,14H,8-9H2,1-2H3,(H,23,27). The number of hydrogen-bond donors (Lipinski definition) is 1. The second-order valence-electron chi connectivity index (χ2n) is 7.19. The van der Waals surface area contributed by atoms with Crippen LogP contribution in [0.15, 0.2) is 47.0 Å². The molecule has 3 aromatic heterocycles. The molecule has 1 fully saturated rings. The molecular weight excluding hydrogens is 354 g/mol. The van der Waals surface area contributed by atoms with E-state index in [9.17, 15) is 4.79 Å². The predicted molar refractivity (Wildman–Crippen MR) is 105 cm³/mol. The highest BCUT2D eigenvalue weighted by molar-refractivity contribution is 6.12. The minimum absolute atomic E-state index is 0.224. The van der Waals surface area contributed by atoms with Crippen LogP contribution in [0.3, 0.4) is 0 Å². The molecule has 0 saturated heterocycles. The Morgan fingerprint density at radius 1 is 1.18 bits per heavy atom. The van der Waals surface area contributed by atoms with Crippen LogP contribution in [-0.4, -0.2) is 25.8 Å². The number of nitrogens with one attached hydrogen (secondary N) is 1. The lowest BCUT2D eigenvalue weighted by Crippen LogP contribution is -2.16. The zero-order chi connectivity index (χ0) is 19.3. The van der Waals surface area contributed by atoms with Crippen molar-refractivity contribution < 1.29 is 9.32 Å². The number of carbonyl (C=O) groups is 1. The summed E-state index contributed by atoms with van der Waals surface area (Å²) >= 11 is 0. The molecule has 3 heterocycles. The summed E-state index contributed by atoms with van der Waals surface area (Å²) < 4.78 is 7.08. The van der Waals surface area contributed by atoms with Gasteiger partial charge in [-0.3, -0.25) is 4.79 Å². The van der Waals surface area contributed by atoms with E-state index in [1.807, 2.05) is 56.3 Å². The summed E-state index contributed by atoms with van der Waals surface area (Å²) in [5.41, 5.74) is 4.19. The SMILES string of the molecule is Cc1cc(NC(=O)c2cc(C3CC3)nc3onc(C)c23)n(-c2ccccc2)n1. The van der Waals surface area contributed by atoms with Gasteiger partial charge in [0, 0.05) is 17.7 Å². The molecule has 1 aliphatic carbocycles. The molecule has 0 bridgehead atoms. The highest BCUT2D eigenvalue weighted by Gasteiger charge is 2.29. The zero-order valence-corrected chi connectivity index (χ0v) is 15.6. The lowest BCUT2D eigenvalue weighted by molar-refractivity contribution is 0.102. The number of hydrogen-bond acceptors (Lipinski definition) is 5. The molecule has 0 unspecified atom stereocenters. The van der Waals surface area contributed by atoms with E-state index in [-0.39, 0.29) is 5.91 Å². The Morgan fingerprint density at radius 2 is 1.96 bits per heavy atom. The minimum atomic E-state index is -0.224. The van der Waals surface area contributed by atoms with Gasteiger partial charge in [0.05, 0.1) is 28.0 Å². The van der Waals surface area contributed by atoms with E-state index >= 15 is 0 Å². The Hall–Kier alpha value is -3.48. The number of fused-ring (bicyclic) bond motifs is 1. The number of aryl methyl sites for hydroxylation is 2. The lowest BCUT2D eigenvalue weighted by Gasteiger charge is -2.10. The number of pyridine rings is 1. The first-order chi connectivity index (χ1) is 13.6. The molecule has 0 radical (unpaired) electrons. The second kappa shape index (κ2) is 6.30. The molecule has 1 amide bonds. The molecule has 5 rings (SSSR count). The molecule has 4 aromatic rings. The maximum absolute atomic E-state index is 13.2. The molecule has 1 aromatic carbocycles. The topological polar surface area (TPSA) is 85.8 Å².